The Morgan fingerprint density at radius 2 is 1.92 bits per heavy atom. The smallest absolute Gasteiger partial charge is 0.310 e. The number of rotatable bonds is 6. The van der Waals surface area contributed by atoms with Crippen LogP contribution in [0.5, 0.6) is 17.5 Å². The highest BCUT2D eigenvalue weighted by Crippen LogP contribution is 2.34. The lowest BCUT2D eigenvalue weighted by molar-refractivity contribution is -0.149. The summed E-state index contributed by atoms with van der Waals surface area (Å²) in [7, 11) is 2.77. The minimum Gasteiger partial charge on any atom is -0.481 e. The second-order valence-electron chi connectivity index (χ2n) is 5.69. The highest BCUT2D eigenvalue weighted by Gasteiger charge is 2.33. The molecular weight excluding hydrogens is 340 g/mol. The second kappa shape index (κ2) is 7.67. The predicted octanol–water partition coefficient (Wildman–Crippen LogP) is 2.21. The Hall–Kier alpha value is -2.71. The largest absolute Gasteiger partial charge is 0.481 e. The van der Waals surface area contributed by atoms with E-state index in [9.17, 15) is 4.79 Å². The predicted molar refractivity (Wildman–Crippen MR) is 90.1 cm³/mol. The van der Waals surface area contributed by atoms with Crippen LogP contribution in [-0.4, -0.2) is 43.4 Å². The molecule has 2 heterocycles. The Morgan fingerprint density at radius 1 is 1.19 bits per heavy atom. The average Bonchev–Trinajstić information content (AvgIpc) is 3.11. The molecule has 3 rings (SSSR count). The number of methoxy groups -OCH3 is 2. The lowest BCUT2D eigenvalue weighted by atomic mass is 10.1. The molecule has 0 atom stereocenters. The van der Waals surface area contributed by atoms with Crippen molar-refractivity contribution in [1.82, 2.24) is 9.97 Å². The van der Waals surface area contributed by atoms with E-state index in [0.717, 1.165) is 5.56 Å². The van der Waals surface area contributed by atoms with Gasteiger partial charge in [0, 0.05) is 5.56 Å². The van der Waals surface area contributed by atoms with E-state index >= 15 is 0 Å². The molecule has 1 saturated heterocycles. The summed E-state index contributed by atoms with van der Waals surface area (Å²) in [6.45, 7) is 2.93. The van der Waals surface area contributed by atoms with Gasteiger partial charge in [0.05, 0.1) is 39.4 Å². The van der Waals surface area contributed by atoms with Crippen LogP contribution in [0.3, 0.4) is 0 Å². The van der Waals surface area contributed by atoms with Gasteiger partial charge >= 0.3 is 5.97 Å². The molecule has 0 N–H and O–H groups in total. The van der Waals surface area contributed by atoms with Crippen molar-refractivity contribution >= 4 is 5.97 Å². The summed E-state index contributed by atoms with van der Waals surface area (Å²) in [6.07, 6.45) is 1.24. The minimum atomic E-state index is -0.808. The van der Waals surface area contributed by atoms with Gasteiger partial charge in [-0.1, -0.05) is 12.1 Å². The van der Waals surface area contributed by atoms with Gasteiger partial charge in [-0.05, 0) is 19.1 Å². The van der Waals surface area contributed by atoms with E-state index < -0.39 is 11.8 Å². The first-order valence-electron chi connectivity index (χ1n) is 8.06. The number of nitrogens with zero attached hydrogens (tertiary/aromatic N) is 2. The third-order valence-electron chi connectivity index (χ3n) is 4.02. The number of aromatic nitrogens is 2. The fourth-order valence-corrected chi connectivity index (χ4v) is 2.65. The van der Waals surface area contributed by atoms with Crippen molar-refractivity contribution in [2.24, 2.45) is 0 Å². The van der Waals surface area contributed by atoms with Gasteiger partial charge < -0.3 is 23.7 Å². The lowest BCUT2D eigenvalue weighted by Gasteiger charge is -2.23. The van der Waals surface area contributed by atoms with E-state index in [1.54, 1.807) is 6.07 Å². The molecule has 0 amide bonds. The van der Waals surface area contributed by atoms with E-state index in [4.69, 9.17) is 23.7 Å². The molecule has 0 radical (unpaired) electrons. The summed E-state index contributed by atoms with van der Waals surface area (Å²) < 4.78 is 27.2. The van der Waals surface area contributed by atoms with Crippen molar-refractivity contribution in [3.05, 3.63) is 41.7 Å². The number of ether oxygens (including phenoxy) is 5. The van der Waals surface area contributed by atoms with Crippen LogP contribution in [0.15, 0.2) is 30.6 Å². The van der Waals surface area contributed by atoms with Gasteiger partial charge in [0.25, 0.3) is 0 Å². The molecule has 26 heavy (non-hydrogen) atoms. The summed E-state index contributed by atoms with van der Waals surface area (Å²) in [6, 6.07) is 7.31. The van der Waals surface area contributed by atoms with E-state index in [1.165, 1.54) is 20.5 Å². The number of carbonyl (C=O) groups is 1. The topological polar surface area (TPSA) is 89.0 Å². The van der Waals surface area contributed by atoms with Gasteiger partial charge in [0.2, 0.25) is 11.8 Å². The normalized spacial score (nSPS) is 15.5. The minimum absolute atomic E-state index is 0.0700. The zero-order chi connectivity index (χ0) is 18.6. The van der Waals surface area contributed by atoms with E-state index in [1.807, 2.05) is 25.1 Å². The maximum Gasteiger partial charge on any atom is 0.310 e. The molecule has 8 heteroatoms. The average molecular weight is 360 g/mol. The summed E-state index contributed by atoms with van der Waals surface area (Å²) in [5, 5.41) is 0. The molecule has 0 unspecified atom stereocenters. The quantitative estimate of drug-likeness (QED) is 0.725. The number of carbonyl (C=O) groups excluding carboxylic acids is 1. The molecule has 2 aromatic rings. The molecule has 0 saturated carbocycles. The highest BCUT2D eigenvalue weighted by molar-refractivity contribution is 5.74. The Labute approximate surface area is 151 Å². The molecule has 0 bridgehead atoms. The van der Waals surface area contributed by atoms with Gasteiger partial charge in [0.1, 0.15) is 12.1 Å². The second-order valence-corrected chi connectivity index (χ2v) is 5.69. The van der Waals surface area contributed by atoms with Crippen LogP contribution in [0.1, 0.15) is 18.1 Å². The third kappa shape index (κ3) is 3.76. The van der Waals surface area contributed by atoms with Crippen LogP contribution in [0.25, 0.3) is 0 Å². The van der Waals surface area contributed by atoms with Crippen molar-refractivity contribution in [3.63, 3.8) is 0 Å². The van der Waals surface area contributed by atoms with E-state index in [-0.39, 0.29) is 18.2 Å². The molecular formula is C18H20N2O6. The zero-order valence-electron chi connectivity index (χ0n) is 14.9. The number of benzene rings is 1. The standard InChI is InChI=1S/C18H20N2O6/c1-18(24-7-8-25-18)12-5-4-6-13(9-12)26-17-14(10-15(21)22-2)16(23-3)19-11-20-17/h4-6,9,11H,7-8,10H2,1-3H3. The Bertz CT molecular complexity index is 789. The lowest BCUT2D eigenvalue weighted by Crippen LogP contribution is -2.22. The van der Waals surface area contributed by atoms with Crippen LogP contribution in [-0.2, 0) is 31.2 Å². The van der Waals surface area contributed by atoms with E-state index in [2.05, 4.69) is 9.97 Å². The fraction of sp³-hybridized carbons (Fsp3) is 0.389. The Morgan fingerprint density at radius 3 is 2.62 bits per heavy atom. The van der Waals surface area contributed by atoms with Crippen LogP contribution < -0.4 is 9.47 Å². The molecule has 1 fully saturated rings. The van der Waals surface area contributed by atoms with Crippen molar-refractivity contribution in [2.75, 3.05) is 27.4 Å². The third-order valence-corrected chi connectivity index (χ3v) is 4.02. The van der Waals surface area contributed by atoms with Crippen molar-refractivity contribution in [1.29, 1.82) is 0 Å². The van der Waals surface area contributed by atoms with Crippen LogP contribution in [0.4, 0.5) is 0 Å². The molecule has 0 aliphatic carbocycles. The van der Waals surface area contributed by atoms with Crippen LogP contribution in [0, 0.1) is 0 Å². The molecule has 1 aliphatic rings. The van der Waals surface area contributed by atoms with Gasteiger partial charge in [-0.3, -0.25) is 4.79 Å². The molecule has 0 spiro atoms. The summed E-state index contributed by atoms with van der Waals surface area (Å²) in [4.78, 5) is 19.9. The molecule has 138 valence electrons. The Kier molecular flexibility index (Phi) is 5.34. The van der Waals surface area contributed by atoms with Crippen molar-refractivity contribution in [3.8, 4) is 17.5 Å². The first-order chi connectivity index (χ1) is 12.6. The molecule has 1 aromatic carbocycles. The maximum absolute atomic E-state index is 11.7. The van der Waals surface area contributed by atoms with Crippen LogP contribution >= 0.6 is 0 Å². The first kappa shape index (κ1) is 18.1. The number of hydrogen-bond acceptors (Lipinski definition) is 8. The summed E-state index contributed by atoms with van der Waals surface area (Å²) in [5.74, 6) is -0.257. The van der Waals surface area contributed by atoms with E-state index in [0.29, 0.717) is 24.5 Å². The summed E-state index contributed by atoms with van der Waals surface area (Å²) in [5.41, 5.74) is 1.23. The van der Waals surface area contributed by atoms with Gasteiger partial charge in [-0.25, -0.2) is 9.97 Å². The Balaban J connectivity index is 1.90. The van der Waals surface area contributed by atoms with Crippen LogP contribution in [0.2, 0.25) is 0 Å². The molecule has 8 nitrogen and oxygen atoms in total. The summed E-state index contributed by atoms with van der Waals surface area (Å²) >= 11 is 0. The van der Waals surface area contributed by atoms with Crippen molar-refractivity contribution in [2.45, 2.75) is 19.1 Å². The zero-order valence-corrected chi connectivity index (χ0v) is 14.9. The monoisotopic (exact) mass is 360 g/mol. The maximum atomic E-state index is 11.7. The van der Waals surface area contributed by atoms with Crippen molar-refractivity contribution < 1.29 is 28.5 Å². The SMILES string of the molecule is COC(=O)Cc1c(OC)ncnc1Oc1cccc(C2(C)OCCO2)c1. The molecule has 1 aromatic heterocycles. The number of esters is 1. The van der Waals surface area contributed by atoms with Gasteiger partial charge in [-0.15, -0.1) is 0 Å². The highest BCUT2D eigenvalue weighted by atomic mass is 16.7. The first-order valence-corrected chi connectivity index (χ1v) is 8.06. The van der Waals surface area contributed by atoms with Gasteiger partial charge in [0.15, 0.2) is 5.79 Å². The fourth-order valence-electron chi connectivity index (χ4n) is 2.65. The number of hydrogen-bond donors (Lipinski definition) is 0. The van der Waals surface area contributed by atoms with Gasteiger partial charge in [-0.2, -0.15) is 0 Å². The molecule has 1 aliphatic heterocycles.